The zero-order chi connectivity index (χ0) is 21.6. The Morgan fingerprint density at radius 2 is 1.86 bits per heavy atom. The number of carbonyl (C=O) groups excluding carboxylic acids is 3. The molecule has 0 spiro atoms. The first-order valence-corrected chi connectivity index (χ1v) is 9.69. The van der Waals surface area contributed by atoms with Gasteiger partial charge in [-0.25, -0.2) is 4.79 Å². The second kappa shape index (κ2) is 9.92. The van der Waals surface area contributed by atoms with E-state index in [1.165, 1.54) is 12.0 Å². The molecule has 2 amide bonds. The third-order valence-corrected chi connectivity index (χ3v) is 5.09. The number of nitrogens with zero attached hydrogens (tertiary/aromatic N) is 1. The van der Waals surface area contributed by atoms with Gasteiger partial charge in [-0.15, -0.1) is 11.3 Å². The second-order valence-corrected chi connectivity index (χ2v) is 7.22. The predicted octanol–water partition coefficient (Wildman–Crippen LogP) is 2.96. The maximum atomic E-state index is 12.4. The summed E-state index contributed by atoms with van der Waals surface area (Å²) in [4.78, 5) is 38.9. The number of carbonyl (C=O) groups is 3. The molecule has 0 unspecified atom stereocenters. The van der Waals surface area contributed by atoms with Crippen LogP contribution in [0.1, 0.15) is 32.5 Å². The van der Waals surface area contributed by atoms with Crippen molar-refractivity contribution in [1.82, 2.24) is 4.90 Å². The lowest BCUT2D eigenvalue weighted by Gasteiger charge is -2.09. The molecule has 0 fully saturated rings. The number of rotatable bonds is 8. The molecule has 0 radical (unpaired) electrons. The Hall–Kier alpha value is -3.07. The SMILES string of the molecule is CCOC(=O)c1c(NC(=O)COc2cccc(OC)c2)sc(C(=O)N(C)C)c1C. The van der Waals surface area contributed by atoms with E-state index in [4.69, 9.17) is 14.2 Å². The van der Waals surface area contributed by atoms with E-state index in [0.717, 1.165) is 11.3 Å². The highest BCUT2D eigenvalue weighted by Gasteiger charge is 2.27. The maximum absolute atomic E-state index is 12.4. The molecule has 1 aromatic carbocycles. The molecule has 2 aromatic rings. The number of hydrogen-bond acceptors (Lipinski definition) is 7. The van der Waals surface area contributed by atoms with Crippen LogP contribution in [0.15, 0.2) is 24.3 Å². The Labute approximate surface area is 173 Å². The fraction of sp³-hybridized carbons (Fsp3) is 0.350. The van der Waals surface area contributed by atoms with Gasteiger partial charge in [-0.1, -0.05) is 6.07 Å². The molecule has 0 aliphatic heterocycles. The number of anilines is 1. The van der Waals surface area contributed by atoms with Crippen molar-refractivity contribution in [2.75, 3.05) is 39.7 Å². The van der Waals surface area contributed by atoms with Gasteiger partial charge < -0.3 is 24.4 Å². The molecule has 1 aromatic heterocycles. The lowest BCUT2D eigenvalue weighted by Crippen LogP contribution is -2.21. The van der Waals surface area contributed by atoms with Crippen molar-refractivity contribution < 1.29 is 28.6 Å². The van der Waals surface area contributed by atoms with Gasteiger partial charge in [0, 0.05) is 20.2 Å². The largest absolute Gasteiger partial charge is 0.497 e. The minimum Gasteiger partial charge on any atom is -0.497 e. The molecule has 1 N–H and O–H groups in total. The first kappa shape index (κ1) is 22.2. The second-order valence-electron chi connectivity index (χ2n) is 6.20. The molecule has 0 saturated carbocycles. The van der Waals surface area contributed by atoms with Gasteiger partial charge >= 0.3 is 5.97 Å². The summed E-state index contributed by atoms with van der Waals surface area (Å²) >= 11 is 1.03. The number of benzene rings is 1. The van der Waals surface area contributed by atoms with Gasteiger partial charge in [0.15, 0.2) is 6.61 Å². The average Bonchev–Trinajstić information content (AvgIpc) is 3.01. The maximum Gasteiger partial charge on any atom is 0.341 e. The van der Waals surface area contributed by atoms with Crippen LogP contribution in [0, 0.1) is 6.92 Å². The molecule has 2 rings (SSSR count). The topological polar surface area (TPSA) is 94.2 Å². The van der Waals surface area contributed by atoms with Crippen LogP contribution in [0.2, 0.25) is 0 Å². The van der Waals surface area contributed by atoms with Crippen LogP contribution < -0.4 is 14.8 Å². The molecule has 0 bridgehead atoms. The van der Waals surface area contributed by atoms with Crippen molar-refractivity contribution in [2.24, 2.45) is 0 Å². The molecule has 0 aliphatic carbocycles. The van der Waals surface area contributed by atoms with E-state index >= 15 is 0 Å². The summed E-state index contributed by atoms with van der Waals surface area (Å²) in [6, 6.07) is 6.85. The summed E-state index contributed by atoms with van der Waals surface area (Å²) in [5.41, 5.74) is 0.646. The number of thiophene rings is 1. The van der Waals surface area contributed by atoms with E-state index in [0.29, 0.717) is 21.9 Å². The van der Waals surface area contributed by atoms with Gasteiger partial charge in [0.05, 0.1) is 24.2 Å². The normalized spacial score (nSPS) is 10.2. The van der Waals surface area contributed by atoms with E-state index in [2.05, 4.69) is 5.32 Å². The zero-order valence-electron chi connectivity index (χ0n) is 17.0. The Balaban J connectivity index is 2.20. The summed E-state index contributed by atoms with van der Waals surface area (Å²) in [6.07, 6.45) is 0. The Kier molecular flexibility index (Phi) is 7.60. The van der Waals surface area contributed by atoms with Crippen LogP contribution in [-0.2, 0) is 9.53 Å². The molecule has 29 heavy (non-hydrogen) atoms. The van der Waals surface area contributed by atoms with Gasteiger partial charge in [0.25, 0.3) is 11.8 Å². The minimum absolute atomic E-state index is 0.178. The van der Waals surface area contributed by atoms with Gasteiger partial charge in [0.2, 0.25) is 0 Å². The highest BCUT2D eigenvalue weighted by molar-refractivity contribution is 7.18. The standard InChI is InChI=1S/C20H24N2O6S/c1-6-27-20(25)16-12(2)17(19(24)22(3)4)29-18(16)21-15(23)11-28-14-9-7-8-13(10-14)26-5/h7-10H,6,11H2,1-5H3,(H,21,23). The number of hydrogen-bond donors (Lipinski definition) is 1. The fourth-order valence-electron chi connectivity index (χ4n) is 2.46. The Bertz CT molecular complexity index is 906. The molecule has 1 heterocycles. The van der Waals surface area contributed by atoms with Gasteiger partial charge in [-0.3, -0.25) is 9.59 Å². The number of esters is 1. The lowest BCUT2D eigenvalue weighted by molar-refractivity contribution is -0.118. The van der Waals surface area contributed by atoms with Crippen LogP contribution in [0.25, 0.3) is 0 Å². The Morgan fingerprint density at radius 3 is 2.48 bits per heavy atom. The zero-order valence-corrected chi connectivity index (χ0v) is 17.8. The van der Waals surface area contributed by atoms with Crippen molar-refractivity contribution >= 4 is 34.1 Å². The average molecular weight is 420 g/mol. The first-order chi connectivity index (χ1) is 13.8. The third kappa shape index (κ3) is 5.47. The molecular weight excluding hydrogens is 396 g/mol. The number of methoxy groups -OCH3 is 1. The summed E-state index contributed by atoms with van der Waals surface area (Å²) in [5.74, 6) is -0.248. The molecule has 0 atom stereocenters. The van der Waals surface area contributed by atoms with Crippen molar-refractivity contribution in [1.29, 1.82) is 0 Å². The monoisotopic (exact) mass is 420 g/mol. The highest BCUT2D eigenvalue weighted by atomic mass is 32.1. The van der Waals surface area contributed by atoms with Crippen LogP contribution in [0.5, 0.6) is 11.5 Å². The van der Waals surface area contributed by atoms with Crippen molar-refractivity contribution in [3.63, 3.8) is 0 Å². The molecule has 0 saturated heterocycles. The van der Waals surface area contributed by atoms with Crippen molar-refractivity contribution in [3.05, 3.63) is 40.3 Å². The van der Waals surface area contributed by atoms with Crippen molar-refractivity contribution in [2.45, 2.75) is 13.8 Å². The summed E-state index contributed by atoms with van der Waals surface area (Å²) in [7, 11) is 4.77. The van der Waals surface area contributed by atoms with E-state index < -0.39 is 11.9 Å². The van der Waals surface area contributed by atoms with Crippen LogP contribution in [0.4, 0.5) is 5.00 Å². The minimum atomic E-state index is -0.594. The number of ether oxygens (including phenoxy) is 3. The van der Waals surface area contributed by atoms with E-state index in [1.807, 2.05) is 0 Å². The highest BCUT2D eigenvalue weighted by Crippen LogP contribution is 2.34. The molecule has 8 nitrogen and oxygen atoms in total. The first-order valence-electron chi connectivity index (χ1n) is 8.87. The quantitative estimate of drug-likeness (QED) is 0.660. The summed E-state index contributed by atoms with van der Waals surface area (Å²) in [6.45, 7) is 3.24. The number of amides is 2. The van der Waals surface area contributed by atoms with Crippen LogP contribution in [0.3, 0.4) is 0 Å². The number of nitrogens with one attached hydrogen (secondary N) is 1. The molecule has 0 aliphatic rings. The lowest BCUT2D eigenvalue weighted by atomic mass is 10.1. The fourth-order valence-corrected chi connectivity index (χ4v) is 3.69. The summed E-state index contributed by atoms with van der Waals surface area (Å²) < 4.78 is 15.7. The molecular formula is C20H24N2O6S. The molecule has 9 heteroatoms. The van der Waals surface area contributed by atoms with Gasteiger partial charge in [-0.05, 0) is 31.5 Å². The van der Waals surface area contributed by atoms with Gasteiger partial charge in [-0.2, -0.15) is 0 Å². The third-order valence-electron chi connectivity index (χ3n) is 3.89. The Morgan fingerprint density at radius 1 is 1.17 bits per heavy atom. The van der Waals surface area contributed by atoms with E-state index in [1.54, 1.807) is 52.2 Å². The van der Waals surface area contributed by atoms with Crippen LogP contribution >= 0.6 is 11.3 Å². The van der Waals surface area contributed by atoms with E-state index in [-0.39, 0.29) is 29.7 Å². The summed E-state index contributed by atoms with van der Waals surface area (Å²) in [5, 5.41) is 2.91. The van der Waals surface area contributed by atoms with E-state index in [9.17, 15) is 14.4 Å². The molecule has 156 valence electrons. The smallest absolute Gasteiger partial charge is 0.341 e. The van der Waals surface area contributed by atoms with Crippen LogP contribution in [-0.4, -0.2) is 57.1 Å². The van der Waals surface area contributed by atoms with Crippen molar-refractivity contribution in [3.8, 4) is 11.5 Å². The van der Waals surface area contributed by atoms with Gasteiger partial charge in [0.1, 0.15) is 16.5 Å². The predicted molar refractivity (Wildman–Crippen MR) is 110 cm³/mol.